The van der Waals surface area contributed by atoms with Crippen LogP contribution in [0.4, 0.5) is 4.39 Å². The smallest absolute Gasteiger partial charge is 0.129 e. The Morgan fingerprint density at radius 3 is 2.50 bits per heavy atom. The zero-order chi connectivity index (χ0) is 9.76. The van der Waals surface area contributed by atoms with Gasteiger partial charge in [-0.25, -0.2) is 4.39 Å². The molecule has 2 atom stereocenters. The van der Waals surface area contributed by atoms with Crippen molar-refractivity contribution in [2.24, 2.45) is 11.8 Å². The Balaban J connectivity index is 2.01. The molecule has 0 bridgehead atoms. The van der Waals surface area contributed by atoms with Gasteiger partial charge in [0.05, 0.1) is 5.60 Å². The molecule has 1 aromatic carbocycles. The van der Waals surface area contributed by atoms with Crippen molar-refractivity contribution in [3.05, 3.63) is 35.6 Å². The summed E-state index contributed by atoms with van der Waals surface area (Å²) in [6, 6.07) is 6.61. The van der Waals surface area contributed by atoms with Gasteiger partial charge in [0, 0.05) is 5.56 Å². The van der Waals surface area contributed by atoms with Crippen LogP contribution in [0.5, 0.6) is 0 Å². The van der Waals surface area contributed by atoms with Crippen LogP contribution in [0.25, 0.3) is 0 Å². The van der Waals surface area contributed by atoms with Gasteiger partial charge in [0.2, 0.25) is 0 Å². The largest absolute Gasteiger partial charge is 0.384 e. The van der Waals surface area contributed by atoms with Gasteiger partial charge in [-0.2, -0.15) is 0 Å². The van der Waals surface area contributed by atoms with Gasteiger partial charge in [-0.15, -0.1) is 0 Å². The standard InChI is InChI=1S/C12H13FO/c13-11-7-2-1-4-10(11)12(14)8-5-3-6-9(8)12/h1-2,4,7-9,14H,3,5-6H2. The normalized spacial score (nSPS) is 39.6. The minimum Gasteiger partial charge on any atom is -0.384 e. The van der Waals surface area contributed by atoms with Crippen molar-refractivity contribution in [1.82, 2.24) is 0 Å². The molecule has 0 spiro atoms. The molecular weight excluding hydrogens is 179 g/mol. The van der Waals surface area contributed by atoms with Gasteiger partial charge in [-0.1, -0.05) is 24.6 Å². The van der Waals surface area contributed by atoms with Gasteiger partial charge in [0.15, 0.2) is 0 Å². The van der Waals surface area contributed by atoms with Crippen molar-refractivity contribution in [1.29, 1.82) is 0 Å². The van der Waals surface area contributed by atoms with Crippen LogP contribution in [0.15, 0.2) is 24.3 Å². The molecule has 2 aliphatic carbocycles. The highest BCUT2D eigenvalue weighted by Crippen LogP contribution is 2.66. The third kappa shape index (κ3) is 0.871. The van der Waals surface area contributed by atoms with Crippen molar-refractivity contribution in [3.8, 4) is 0 Å². The van der Waals surface area contributed by atoms with E-state index in [1.165, 1.54) is 12.5 Å². The summed E-state index contributed by atoms with van der Waals surface area (Å²) >= 11 is 0. The number of rotatable bonds is 1. The third-order valence-electron chi connectivity index (χ3n) is 3.84. The second-order valence-corrected chi connectivity index (χ2v) is 4.45. The summed E-state index contributed by atoms with van der Waals surface area (Å²) in [7, 11) is 0. The molecule has 0 saturated heterocycles. The van der Waals surface area contributed by atoms with Crippen LogP contribution >= 0.6 is 0 Å². The maximum absolute atomic E-state index is 13.5. The van der Waals surface area contributed by atoms with E-state index in [2.05, 4.69) is 0 Å². The van der Waals surface area contributed by atoms with Crippen LogP contribution in [0.3, 0.4) is 0 Å². The molecule has 1 nitrogen and oxygen atoms in total. The molecule has 2 fully saturated rings. The van der Waals surface area contributed by atoms with Crippen LogP contribution in [0, 0.1) is 17.7 Å². The number of halogens is 1. The lowest BCUT2D eigenvalue weighted by Gasteiger charge is -2.15. The molecule has 0 amide bonds. The average Bonchev–Trinajstić information content (AvgIpc) is 2.63. The van der Waals surface area contributed by atoms with Crippen molar-refractivity contribution in [2.75, 3.05) is 0 Å². The second kappa shape index (κ2) is 2.57. The van der Waals surface area contributed by atoms with Crippen molar-refractivity contribution < 1.29 is 9.50 Å². The lowest BCUT2D eigenvalue weighted by atomic mass is 9.99. The second-order valence-electron chi connectivity index (χ2n) is 4.45. The van der Waals surface area contributed by atoms with E-state index < -0.39 is 5.60 Å². The quantitative estimate of drug-likeness (QED) is 0.724. The van der Waals surface area contributed by atoms with E-state index in [0.29, 0.717) is 17.4 Å². The van der Waals surface area contributed by atoms with Gasteiger partial charge in [0.1, 0.15) is 5.82 Å². The average molecular weight is 192 g/mol. The van der Waals surface area contributed by atoms with Gasteiger partial charge in [0.25, 0.3) is 0 Å². The van der Waals surface area contributed by atoms with E-state index in [0.717, 1.165) is 12.8 Å². The Bertz CT molecular complexity index is 364. The van der Waals surface area contributed by atoms with Crippen LogP contribution in [0.2, 0.25) is 0 Å². The summed E-state index contributed by atoms with van der Waals surface area (Å²) in [5.74, 6) is 0.378. The van der Waals surface area contributed by atoms with Crippen molar-refractivity contribution in [2.45, 2.75) is 24.9 Å². The Labute approximate surface area is 82.6 Å². The first-order valence-electron chi connectivity index (χ1n) is 5.22. The molecule has 3 rings (SSSR count). The first-order valence-corrected chi connectivity index (χ1v) is 5.22. The monoisotopic (exact) mass is 192 g/mol. The number of benzene rings is 1. The van der Waals surface area contributed by atoms with Gasteiger partial charge in [-0.3, -0.25) is 0 Å². The summed E-state index contributed by atoms with van der Waals surface area (Å²) in [6.45, 7) is 0. The van der Waals surface area contributed by atoms with E-state index in [9.17, 15) is 9.50 Å². The lowest BCUT2D eigenvalue weighted by molar-refractivity contribution is 0.101. The highest BCUT2D eigenvalue weighted by molar-refractivity contribution is 5.34. The Morgan fingerprint density at radius 1 is 1.21 bits per heavy atom. The Kier molecular flexibility index (Phi) is 1.55. The molecule has 2 heteroatoms. The topological polar surface area (TPSA) is 20.2 Å². The van der Waals surface area contributed by atoms with E-state index in [-0.39, 0.29) is 5.82 Å². The zero-order valence-electron chi connectivity index (χ0n) is 7.91. The molecule has 2 aliphatic rings. The van der Waals surface area contributed by atoms with E-state index in [4.69, 9.17) is 0 Å². The molecule has 2 unspecified atom stereocenters. The molecule has 1 N–H and O–H groups in total. The molecule has 14 heavy (non-hydrogen) atoms. The van der Waals surface area contributed by atoms with E-state index >= 15 is 0 Å². The van der Waals surface area contributed by atoms with Crippen LogP contribution in [-0.4, -0.2) is 5.11 Å². The summed E-state index contributed by atoms with van der Waals surface area (Å²) in [6.07, 6.45) is 3.29. The Morgan fingerprint density at radius 2 is 1.86 bits per heavy atom. The van der Waals surface area contributed by atoms with E-state index in [1.807, 2.05) is 0 Å². The maximum atomic E-state index is 13.5. The molecule has 2 saturated carbocycles. The van der Waals surface area contributed by atoms with Crippen molar-refractivity contribution >= 4 is 0 Å². The molecule has 0 aliphatic heterocycles. The fourth-order valence-corrected chi connectivity index (χ4v) is 3.11. The molecule has 0 radical (unpaired) electrons. The lowest BCUT2D eigenvalue weighted by Crippen LogP contribution is -2.14. The van der Waals surface area contributed by atoms with Gasteiger partial charge < -0.3 is 5.11 Å². The fourth-order valence-electron chi connectivity index (χ4n) is 3.11. The highest BCUT2D eigenvalue weighted by atomic mass is 19.1. The van der Waals surface area contributed by atoms with Gasteiger partial charge >= 0.3 is 0 Å². The summed E-state index contributed by atoms with van der Waals surface area (Å²) in [4.78, 5) is 0. The molecule has 1 aromatic rings. The number of fused-ring (bicyclic) bond motifs is 1. The summed E-state index contributed by atoms with van der Waals surface area (Å²) in [5.41, 5.74) is -0.321. The predicted molar refractivity (Wildman–Crippen MR) is 51.1 cm³/mol. The first-order chi connectivity index (χ1) is 6.74. The minimum atomic E-state index is -0.830. The SMILES string of the molecule is OC1(c2ccccc2F)C2CCCC21. The number of hydrogen-bond donors (Lipinski definition) is 1. The summed E-state index contributed by atoms with van der Waals surface area (Å²) < 4.78 is 13.5. The molecular formula is C12H13FO. The fraction of sp³-hybridized carbons (Fsp3) is 0.500. The summed E-state index contributed by atoms with van der Waals surface area (Å²) in [5, 5.41) is 10.3. The van der Waals surface area contributed by atoms with E-state index in [1.54, 1.807) is 18.2 Å². The van der Waals surface area contributed by atoms with Crippen LogP contribution in [-0.2, 0) is 5.60 Å². The molecule has 74 valence electrons. The molecule has 0 aromatic heterocycles. The Hall–Kier alpha value is -0.890. The number of hydrogen-bond acceptors (Lipinski definition) is 1. The van der Waals surface area contributed by atoms with Gasteiger partial charge in [-0.05, 0) is 30.7 Å². The van der Waals surface area contributed by atoms with Crippen molar-refractivity contribution in [3.63, 3.8) is 0 Å². The first kappa shape index (κ1) is 8.42. The highest BCUT2D eigenvalue weighted by Gasteiger charge is 2.66. The molecule has 0 heterocycles. The maximum Gasteiger partial charge on any atom is 0.129 e. The minimum absolute atomic E-state index is 0.260. The zero-order valence-corrected chi connectivity index (χ0v) is 7.91. The predicted octanol–water partition coefficient (Wildman–Crippen LogP) is 2.44. The number of aliphatic hydroxyl groups is 1. The third-order valence-corrected chi connectivity index (χ3v) is 3.84. The van der Waals surface area contributed by atoms with Crippen LogP contribution < -0.4 is 0 Å². The van der Waals surface area contributed by atoms with Crippen LogP contribution in [0.1, 0.15) is 24.8 Å².